The van der Waals surface area contributed by atoms with Crippen LogP contribution in [0.3, 0.4) is 0 Å². The third kappa shape index (κ3) is 3.83. The highest BCUT2D eigenvalue weighted by Gasteiger charge is 2.37. The molecule has 0 unspecified atom stereocenters. The number of nitrogens with zero attached hydrogens (tertiary/aromatic N) is 4. The molecule has 6 nitrogen and oxygen atoms in total. The molecule has 1 saturated heterocycles. The zero-order chi connectivity index (χ0) is 19.0. The Labute approximate surface area is 153 Å². The largest absolute Gasteiger partial charge is 0.418 e. The van der Waals surface area contributed by atoms with Crippen LogP contribution in [0.25, 0.3) is 5.69 Å². The summed E-state index contributed by atoms with van der Waals surface area (Å²) in [4.78, 5) is 14.7. The second-order valence-electron chi connectivity index (χ2n) is 6.98. The summed E-state index contributed by atoms with van der Waals surface area (Å²) in [5, 5.41) is 7.61. The van der Waals surface area contributed by atoms with Crippen molar-refractivity contribution in [2.75, 3.05) is 19.8 Å². The summed E-state index contributed by atoms with van der Waals surface area (Å²) in [6.07, 6.45) is -0.473. The quantitative estimate of drug-likeness (QED) is 0.800. The van der Waals surface area contributed by atoms with Crippen LogP contribution in [0.15, 0.2) is 30.5 Å². The molecule has 0 bridgehead atoms. The standard InChI is InChI=1S/C18H19F3N4O2/c19-18(20,21)14-3-1-2-4-16(14)25-10-15(22-23-25)17(26)24(13-5-6-13)9-12-7-8-27-11-12/h1-4,10,12-13H,5-9,11H2/t12-/m0/s1. The number of carbonyl (C=O) groups excluding carboxylic acids is 1. The van der Waals surface area contributed by atoms with E-state index in [1.165, 1.54) is 24.4 Å². The van der Waals surface area contributed by atoms with Gasteiger partial charge in [0.05, 0.1) is 24.1 Å². The number of ether oxygens (including phenoxy) is 1. The van der Waals surface area contributed by atoms with Gasteiger partial charge in [-0.15, -0.1) is 5.10 Å². The van der Waals surface area contributed by atoms with Crippen molar-refractivity contribution in [1.82, 2.24) is 19.9 Å². The Morgan fingerprint density at radius 3 is 2.70 bits per heavy atom. The molecule has 1 saturated carbocycles. The number of amides is 1. The number of rotatable bonds is 5. The van der Waals surface area contributed by atoms with E-state index in [0.717, 1.165) is 30.0 Å². The monoisotopic (exact) mass is 380 g/mol. The average Bonchev–Trinajstić information content (AvgIpc) is 3.15. The summed E-state index contributed by atoms with van der Waals surface area (Å²) in [7, 11) is 0. The molecule has 4 rings (SSSR count). The highest BCUT2D eigenvalue weighted by Crippen LogP contribution is 2.34. The van der Waals surface area contributed by atoms with Gasteiger partial charge in [0, 0.05) is 25.1 Å². The Hall–Kier alpha value is -2.42. The Bertz CT molecular complexity index is 826. The van der Waals surface area contributed by atoms with E-state index in [-0.39, 0.29) is 29.2 Å². The number of benzene rings is 1. The first kappa shape index (κ1) is 18.0. The van der Waals surface area contributed by atoms with Crippen molar-refractivity contribution >= 4 is 5.91 Å². The van der Waals surface area contributed by atoms with Gasteiger partial charge in [0.15, 0.2) is 5.69 Å². The molecular formula is C18H19F3N4O2. The molecule has 9 heteroatoms. The van der Waals surface area contributed by atoms with Crippen molar-refractivity contribution in [2.24, 2.45) is 5.92 Å². The summed E-state index contributed by atoms with van der Waals surface area (Å²) in [5.74, 6) is -0.00399. The van der Waals surface area contributed by atoms with Gasteiger partial charge in [-0.2, -0.15) is 13.2 Å². The number of alkyl halides is 3. The minimum Gasteiger partial charge on any atom is -0.381 e. The minimum absolute atomic E-state index is 0.0535. The van der Waals surface area contributed by atoms with E-state index in [9.17, 15) is 18.0 Å². The van der Waals surface area contributed by atoms with E-state index < -0.39 is 11.7 Å². The Morgan fingerprint density at radius 1 is 1.26 bits per heavy atom. The molecule has 1 aliphatic carbocycles. The van der Waals surface area contributed by atoms with Crippen LogP contribution in [0.1, 0.15) is 35.3 Å². The van der Waals surface area contributed by atoms with Crippen molar-refractivity contribution in [3.8, 4) is 5.69 Å². The van der Waals surface area contributed by atoms with Gasteiger partial charge >= 0.3 is 6.18 Å². The summed E-state index contributed by atoms with van der Waals surface area (Å²) < 4.78 is 46.0. The van der Waals surface area contributed by atoms with Crippen LogP contribution in [-0.4, -0.2) is 51.6 Å². The van der Waals surface area contributed by atoms with Crippen LogP contribution in [0.5, 0.6) is 0 Å². The molecule has 1 amide bonds. The fourth-order valence-electron chi connectivity index (χ4n) is 3.33. The highest BCUT2D eigenvalue weighted by atomic mass is 19.4. The van der Waals surface area contributed by atoms with E-state index >= 15 is 0 Å². The lowest BCUT2D eigenvalue weighted by molar-refractivity contribution is -0.137. The predicted octanol–water partition coefficient (Wildman–Crippen LogP) is 2.93. The molecule has 0 spiro atoms. The maximum atomic E-state index is 13.2. The molecule has 1 aromatic carbocycles. The van der Waals surface area contributed by atoms with Crippen molar-refractivity contribution in [2.45, 2.75) is 31.5 Å². The number of carbonyl (C=O) groups is 1. The van der Waals surface area contributed by atoms with Gasteiger partial charge in [0.2, 0.25) is 0 Å². The van der Waals surface area contributed by atoms with Crippen LogP contribution in [-0.2, 0) is 10.9 Å². The number of para-hydroxylation sites is 1. The topological polar surface area (TPSA) is 60.2 Å². The van der Waals surface area contributed by atoms with Crippen molar-refractivity contribution in [3.63, 3.8) is 0 Å². The van der Waals surface area contributed by atoms with E-state index in [4.69, 9.17) is 4.74 Å². The Balaban J connectivity index is 1.58. The highest BCUT2D eigenvalue weighted by molar-refractivity contribution is 5.92. The van der Waals surface area contributed by atoms with E-state index in [1.54, 1.807) is 4.90 Å². The third-order valence-electron chi connectivity index (χ3n) is 4.90. The molecule has 1 atom stereocenters. The minimum atomic E-state index is -4.52. The van der Waals surface area contributed by atoms with Gasteiger partial charge in [0.1, 0.15) is 0 Å². The molecule has 144 valence electrons. The Morgan fingerprint density at radius 2 is 2.04 bits per heavy atom. The van der Waals surface area contributed by atoms with Crippen LogP contribution in [0.4, 0.5) is 13.2 Å². The summed E-state index contributed by atoms with van der Waals surface area (Å²) in [6, 6.07) is 5.26. The predicted molar refractivity (Wildman–Crippen MR) is 89.3 cm³/mol. The molecule has 0 radical (unpaired) electrons. The van der Waals surface area contributed by atoms with Crippen molar-refractivity contribution in [3.05, 3.63) is 41.7 Å². The number of hydrogen-bond donors (Lipinski definition) is 0. The van der Waals surface area contributed by atoms with Gasteiger partial charge in [-0.3, -0.25) is 4.79 Å². The molecule has 0 N–H and O–H groups in total. The van der Waals surface area contributed by atoms with Gasteiger partial charge in [-0.25, -0.2) is 4.68 Å². The van der Waals surface area contributed by atoms with E-state index in [0.29, 0.717) is 19.8 Å². The number of halogens is 3. The smallest absolute Gasteiger partial charge is 0.381 e. The van der Waals surface area contributed by atoms with Crippen LogP contribution < -0.4 is 0 Å². The number of aromatic nitrogens is 3. The molecule has 1 aromatic heterocycles. The lowest BCUT2D eigenvalue weighted by Crippen LogP contribution is -2.37. The average molecular weight is 380 g/mol. The second kappa shape index (κ2) is 6.95. The summed E-state index contributed by atoms with van der Waals surface area (Å²) in [5.41, 5.74) is -0.924. The zero-order valence-electron chi connectivity index (χ0n) is 14.5. The van der Waals surface area contributed by atoms with Crippen LogP contribution >= 0.6 is 0 Å². The van der Waals surface area contributed by atoms with Crippen molar-refractivity contribution < 1.29 is 22.7 Å². The maximum absolute atomic E-state index is 13.2. The molecule has 2 aliphatic rings. The first-order valence-electron chi connectivity index (χ1n) is 8.91. The third-order valence-corrected chi connectivity index (χ3v) is 4.90. The van der Waals surface area contributed by atoms with Gasteiger partial charge < -0.3 is 9.64 Å². The van der Waals surface area contributed by atoms with Gasteiger partial charge in [-0.1, -0.05) is 17.3 Å². The van der Waals surface area contributed by atoms with Gasteiger partial charge in [-0.05, 0) is 31.4 Å². The molecule has 2 aromatic rings. The normalized spacial score (nSPS) is 20.0. The molecule has 27 heavy (non-hydrogen) atoms. The summed E-state index contributed by atoms with van der Waals surface area (Å²) in [6.45, 7) is 1.90. The van der Waals surface area contributed by atoms with Crippen molar-refractivity contribution in [1.29, 1.82) is 0 Å². The lowest BCUT2D eigenvalue weighted by Gasteiger charge is -2.24. The Kier molecular flexibility index (Phi) is 4.63. The SMILES string of the molecule is O=C(c1cn(-c2ccccc2C(F)(F)F)nn1)N(C[C@@H]1CCOC1)C1CC1. The number of hydrogen-bond acceptors (Lipinski definition) is 4. The van der Waals surface area contributed by atoms with Gasteiger partial charge in [0.25, 0.3) is 5.91 Å². The fourth-order valence-corrected chi connectivity index (χ4v) is 3.33. The first-order chi connectivity index (χ1) is 12.9. The van der Waals surface area contributed by atoms with Crippen LogP contribution in [0.2, 0.25) is 0 Å². The fraction of sp³-hybridized carbons (Fsp3) is 0.500. The second-order valence-corrected chi connectivity index (χ2v) is 6.98. The molecule has 1 aliphatic heterocycles. The zero-order valence-corrected chi connectivity index (χ0v) is 14.5. The molecule has 2 heterocycles. The first-order valence-corrected chi connectivity index (χ1v) is 8.91. The summed E-state index contributed by atoms with van der Waals surface area (Å²) >= 11 is 0. The van der Waals surface area contributed by atoms with E-state index in [1.807, 2.05) is 0 Å². The maximum Gasteiger partial charge on any atom is 0.418 e. The molecule has 2 fully saturated rings. The van der Waals surface area contributed by atoms with E-state index in [2.05, 4.69) is 10.3 Å². The molecular weight excluding hydrogens is 361 g/mol. The van der Waals surface area contributed by atoms with Crippen LogP contribution in [0, 0.1) is 5.92 Å². The lowest BCUT2D eigenvalue weighted by atomic mass is 10.1.